The Balaban J connectivity index is 2.10. The summed E-state index contributed by atoms with van der Waals surface area (Å²) in [6, 6.07) is 7.25. The molecule has 0 aliphatic carbocycles. The number of halogens is 1. The van der Waals surface area contributed by atoms with Crippen molar-refractivity contribution in [1.29, 1.82) is 0 Å². The number of nitrogens with zero attached hydrogens (tertiary/aromatic N) is 1. The number of amides is 2. The molecule has 0 aromatic heterocycles. The molecule has 1 aliphatic rings. The lowest BCUT2D eigenvalue weighted by Crippen LogP contribution is -2.53. The van der Waals surface area contributed by atoms with Crippen LogP contribution in [0.15, 0.2) is 24.3 Å². The maximum atomic E-state index is 12.9. The summed E-state index contributed by atoms with van der Waals surface area (Å²) in [6.07, 6.45) is -0.156. The van der Waals surface area contributed by atoms with Gasteiger partial charge < -0.3 is 19.7 Å². The predicted octanol–water partition coefficient (Wildman–Crippen LogP) is 2.59. The highest BCUT2D eigenvalue weighted by Gasteiger charge is 2.29. The van der Waals surface area contributed by atoms with E-state index in [0.717, 1.165) is 9.13 Å². The number of alkyl carbamates (subject to hydrolysis) is 1. The normalized spacial score (nSPS) is 16.2. The highest BCUT2D eigenvalue weighted by molar-refractivity contribution is 14.1. The number of nitrogens with one attached hydrogen (secondary N) is 1. The van der Waals surface area contributed by atoms with E-state index >= 15 is 0 Å². The Hall–Kier alpha value is -1.35. The molecule has 1 aromatic carbocycles. The summed E-state index contributed by atoms with van der Waals surface area (Å²) in [5.41, 5.74) is 0.377. The van der Waals surface area contributed by atoms with E-state index in [9.17, 15) is 9.59 Å². The van der Waals surface area contributed by atoms with E-state index < -0.39 is 17.7 Å². The second-order valence-corrected chi connectivity index (χ2v) is 8.21. The van der Waals surface area contributed by atoms with Crippen molar-refractivity contribution in [3.05, 3.63) is 33.4 Å². The van der Waals surface area contributed by atoms with Gasteiger partial charge in [-0.15, -0.1) is 0 Å². The van der Waals surface area contributed by atoms with Crippen molar-refractivity contribution >= 4 is 34.6 Å². The molecule has 6 nitrogen and oxygen atoms in total. The van der Waals surface area contributed by atoms with Crippen molar-refractivity contribution in [2.24, 2.45) is 0 Å². The van der Waals surface area contributed by atoms with Gasteiger partial charge in [0.1, 0.15) is 11.6 Å². The van der Waals surface area contributed by atoms with Gasteiger partial charge in [-0.2, -0.15) is 0 Å². The molecule has 1 atom stereocenters. The first-order chi connectivity index (χ1) is 11.7. The zero-order valence-electron chi connectivity index (χ0n) is 14.9. The summed E-state index contributed by atoms with van der Waals surface area (Å²) in [4.78, 5) is 26.8. The molecule has 0 saturated carbocycles. The van der Waals surface area contributed by atoms with Gasteiger partial charge in [-0.25, -0.2) is 4.79 Å². The first-order valence-electron chi connectivity index (χ1n) is 8.35. The van der Waals surface area contributed by atoms with E-state index in [1.807, 2.05) is 24.3 Å². The largest absolute Gasteiger partial charge is 0.444 e. The standard InChI is InChI=1S/C18H25IN2O4/c1-18(2,3)25-17(23)20-15(12-13-4-6-14(19)7-5-13)16(22)21-8-10-24-11-9-21/h4-7,15H,8-12H2,1-3H3,(H,20,23)/t15-/m1/s1. The van der Waals surface area contributed by atoms with Crippen LogP contribution in [0.25, 0.3) is 0 Å². The third-order valence-corrected chi connectivity index (χ3v) is 4.38. The Morgan fingerprint density at radius 1 is 1.24 bits per heavy atom. The Morgan fingerprint density at radius 3 is 2.40 bits per heavy atom. The van der Waals surface area contributed by atoms with Crippen molar-refractivity contribution < 1.29 is 19.1 Å². The van der Waals surface area contributed by atoms with E-state index in [-0.39, 0.29) is 5.91 Å². The fraction of sp³-hybridized carbons (Fsp3) is 0.556. The van der Waals surface area contributed by atoms with E-state index in [0.29, 0.717) is 32.7 Å². The Labute approximate surface area is 162 Å². The minimum atomic E-state index is -0.659. The van der Waals surface area contributed by atoms with Gasteiger partial charge in [-0.1, -0.05) is 12.1 Å². The first-order valence-corrected chi connectivity index (χ1v) is 9.43. The van der Waals surface area contributed by atoms with Gasteiger partial charge in [-0.3, -0.25) is 4.79 Å². The highest BCUT2D eigenvalue weighted by atomic mass is 127. The number of rotatable bonds is 4. The van der Waals surface area contributed by atoms with E-state index in [1.54, 1.807) is 25.7 Å². The Kier molecular flexibility index (Phi) is 7.06. The molecule has 0 unspecified atom stereocenters. The number of ether oxygens (including phenoxy) is 2. The van der Waals surface area contributed by atoms with Crippen molar-refractivity contribution in [1.82, 2.24) is 10.2 Å². The van der Waals surface area contributed by atoms with Crippen LogP contribution in [0.1, 0.15) is 26.3 Å². The smallest absolute Gasteiger partial charge is 0.408 e. The van der Waals surface area contributed by atoms with Gasteiger partial charge in [0.05, 0.1) is 13.2 Å². The molecule has 25 heavy (non-hydrogen) atoms. The van der Waals surface area contributed by atoms with Gasteiger partial charge in [0.15, 0.2) is 0 Å². The molecular formula is C18H25IN2O4. The van der Waals surface area contributed by atoms with Gasteiger partial charge in [0.2, 0.25) is 5.91 Å². The number of hydrogen-bond acceptors (Lipinski definition) is 4. The fourth-order valence-corrected chi connectivity index (χ4v) is 2.87. The molecule has 2 amide bonds. The molecule has 1 N–H and O–H groups in total. The first kappa shape index (κ1) is 20.0. The monoisotopic (exact) mass is 460 g/mol. The molecule has 1 heterocycles. The third-order valence-electron chi connectivity index (χ3n) is 3.66. The maximum absolute atomic E-state index is 12.9. The van der Waals surface area contributed by atoms with Crippen LogP contribution in [-0.4, -0.2) is 54.8 Å². The third kappa shape index (κ3) is 6.81. The van der Waals surface area contributed by atoms with Gasteiger partial charge in [0, 0.05) is 23.1 Å². The average Bonchev–Trinajstić information content (AvgIpc) is 2.54. The van der Waals surface area contributed by atoms with Crippen LogP contribution >= 0.6 is 22.6 Å². The van der Waals surface area contributed by atoms with Crippen molar-refractivity contribution in [2.75, 3.05) is 26.3 Å². The molecule has 0 radical (unpaired) electrons. The molecule has 0 spiro atoms. The molecule has 138 valence electrons. The molecule has 2 rings (SSSR count). The average molecular weight is 460 g/mol. The Bertz CT molecular complexity index is 592. The molecule has 1 fully saturated rings. The summed E-state index contributed by atoms with van der Waals surface area (Å²) in [6.45, 7) is 7.51. The molecule has 1 aromatic rings. The zero-order chi connectivity index (χ0) is 18.4. The number of morpholine rings is 1. The number of carbonyl (C=O) groups is 2. The van der Waals surface area contributed by atoms with E-state index in [4.69, 9.17) is 9.47 Å². The highest BCUT2D eigenvalue weighted by Crippen LogP contribution is 2.12. The van der Waals surface area contributed by atoms with Crippen molar-refractivity contribution in [3.8, 4) is 0 Å². The molecular weight excluding hydrogens is 435 g/mol. The van der Waals surface area contributed by atoms with Crippen LogP contribution in [0, 0.1) is 3.57 Å². The second-order valence-electron chi connectivity index (χ2n) is 6.97. The fourth-order valence-electron chi connectivity index (χ4n) is 2.51. The molecule has 7 heteroatoms. The lowest BCUT2D eigenvalue weighted by molar-refractivity contribution is -0.137. The minimum absolute atomic E-state index is 0.104. The minimum Gasteiger partial charge on any atom is -0.444 e. The summed E-state index contributed by atoms with van der Waals surface area (Å²) < 4.78 is 11.7. The summed E-state index contributed by atoms with van der Waals surface area (Å²) >= 11 is 2.23. The summed E-state index contributed by atoms with van der Waals surface area (Å²) in [7, 11) is 0. The van der Waals surface area contributed by atoms with Crippen LogP contribution < -0.4 is 5.32 Å². The van der Waals surface area contributed by atoms with Crippen LogP contribution in [0.2, 0.25) is 0 Å². The van der Waals surface area contributed by atoms with Crippen LogP contribution in [0.4, 0.5) is 4.79 Å². The Morgan fingerprint density at radius 2 is 1.84 bits per heavy atom. The maximum Gasteiger partial charge on any atom is 0.408 e. The summed E-state index contributed by atoms with van der Waals surface area (Å²) in [5.74, 6) is -0.104. The van der Waals surface area contributed by atoms with E-state index in [1.165, 1.54) is 0 Å². The van der Waals surface area contributed by atoms with Gasteiger partial charge in [-0.05, 0) is 61.1 Å². The summed E-state index contributed by atoms with van der Waals surface area (Å²) in [5, 5.41) is 2.74. The van der Waals surface area contributed by atoms with E-state index in [2.05, 4.69) is 27.9 Å². The lowest BCUT2D eigenvalue weighted by atomic mass is 10.0. The van der Waals surface area contributed by atoms with Gasteiger partial charge >= 0.3 is 6.09 Å². The SMILES string of the molecule is CC(C)(C)OC(=O)N[C@H](Cc1ccc(I)cc1)C(=O)N1CCOCC1. The second kappa shape index (κ2) is 8.84. The van der Waals surface area contributed by atoms with Gasteiger partial charge in [0.25, 0.3) is 0 Å². The predicted molar refractivity (Wildman–Crippen MR) is 103 cm³/mol. The number of benzene rings is 1. The molecule has 1 saturated heterocycles. The number of hydrogen-bond donors (Lipinski definition) is 1. The number of carbonyl (C=O) groups excluding carboxylic acids is 2. The molecule has 0 bridgehead atoms. The van der Waals surface area contributed by atoms with Crippen molar-refractivity contribution in [3.63, 3.8) is 0 Å². The van der Waals surface area contributed by atoms with Crippen LogP contribution in [0.5, 0.6) is 0 Å². The quantitative estimate of drug-likeness (QED) is 0.702. The lowest BCUT2D eigenvalue weighted by Gasteiger charge is -2.31. The molecule has 1 aliphatic heterocycles. The van der Waals surface area contributed by atoms with Crippen LogP contribution in [0.3, 0.4) is 0 Å². The van der Waals surface area contributed by atoms with Crippen LogP contribution in [-0.2, 0) is 20.7 Å². The topological polar surface area (TPSA) is 67.9 Å². The van der Waals surface area contributed by atoms with Crippen molar-refractivity contribution in [2.45, 2.75) is 38.8 Å². The zero-order valence-corrected chi connectivity index (χ0v) is 17.0.